The molecule has 1 heteroatoms. The van der Waals surface area contributed by atoms with Gasteiger partial charge in [0, 0.05) is 10.8 Å². The molecule has 0 fully saturated rings. The minimum atomic E-state index is -0.449. The maximum atomic E-state index is 2.52. The smallest absolute Gasteiger partial charge is 0.0754 e. The zero-order valence-electron chi connectivity index (χ0n) is 25.0. The highest BCUT2D eigenvalue weighted by Crippen LogP contribution is 2.61. The highest BCUT2D eigenvalue weighted by molar-refractivity contribution is 6.15. The van der Waals surface area contributed by atoms with Gasteiger partial charge in [-0.2, -0.15) is 0 Å². The van der Waals surface area contributed by atoms with Crippen LogP contribution in [0.25, 0.3) is 71.3 Å². The lowest BCUT2D eigenvalue weighted by molar-refractivity contribution is 0.749. The summed E-state index contributed by atoms with van der Waals surface area (Å²) in [5.41, 5.74) is 14.0. The molecule has 0 radical (unpaired) electrons. The van der Waals surface area contributed by atoms with Crippen LogP contribution in [0.3, 0.4) is 0 Å². The van der Waals surface area contributed by atoms with Gasteiger partial charge < -0.3 is 4.57 Å². The van der Waals surface area contributed by atoms with Gasteiger partial charge in [0.1, 0.15) is 0 Å². The third-order valence-electron chi connectivity index (χ3n) is 10.8. The quantitative estimate of drug-likeness (QED) is 0.170. The summed E-state index contributed by atoms with van der Waals surface area (Å²) in [7, 11) is 0. The number of hydrogen-bond donors (Lipinski definition) is 0. The van der Waals surface area contributed by atoms with Gasteiger partial charge in [-0.1, -0.05) is 140 Å². The first-order valence-electron chi connectivity index (χ1n) is 16.1. The Labute approximate surface area is 266 Å². The zero-order chi connectivity index (χ0) is 30.0. The predicted molar refractivity (Wildman–Crippen MR) is 192 cm³/mol. The van der Waals surface area contributed by atoms with Crippen molar-refractivity contribution < 1.29 is 0 Å². The fourth-order valence-corrected chi connectivity index (χ4v) is 9.02. The summed E-state index contributed by atoms with van der Waals surface area (Å²) in [6, 6.07) is 61.3. The maximum absolute atomic E-state index is 2.52. The van der Waals surface area contributed by atoms with E-state index < -0.39 is 5.41 Å². The molecule has 2 heterocycles. The van der Waals surface area contributed by atoms with Gasteiger partial charge in [0.05, 0.1) is 22.1 Å². The van der Waals surface area contributed by atoms with E-state index in [-0.39, 0.29) is 0 Å². The van der Waals surface area contributed by atoms with Crippen molar-refractivity contribution in [2.45, 2.75) is 5.41 Å². The van der Waals surface area contributed by atoms with E-state index in [9.17, 15) is 0 Å². The van der Waals surface area contributed by atoms with Crippen LogP contribution in [-0.4, -0.2) is 4.57 Å². The van der Waals surface area contributed by atoms with Crippen LogP contribution in [0.2, 0.25) is 0 Å². The van der Waals surface area contributed by atoms with Gasteiger partial charge >= 0.3 is 0 Å². The summed E-state index contributed by atoms with van der Waals surface area (Å²) in [5.74, 6) is 0. The summed E-state index contributed by atoms with van der Waals surface area (Å²) < 4.78 is 2.52. The van der Waals surface area contributed by atoms with Crippen LogP contribution in [0, 0.1) is 0 Å². The van der Waals surface area contributed by atoms with Gasteiger partial charge in [-0.15, -0.1) is 0 Å². The minimum Gasteiger partial charge on any atom is -0.309 e. The largest absolute Gasteiger partial charge is 0.309 e. The van der Waals surface area contributed by atoms with E-state index in [1.807, 2.05) is 0 Å². The van der Waals surface area contributed by atoms with Crippen molar-refractivity contribution in [2.24, 2.45) is 0 Å². The fourth-order valence-electron chi connectivity index (χ4n) is 9.02. The van der Waals surface area contributed by atoms with E-state index in [4.69, 9.17) is 0 Å². The van der Waals surface area contributed by atoms with E-state index in [1.54, 1.807) is 0 Å². The van der Waals surface area contributed by atoms with E-state index in [0.717, 1.165) is 0 Å². The van der Waals surface area contributed by atoms with Crippen molar-refractivity contribution in [1.82, 2.24) is 4.57 Å². The first-order valence-corrected chi connectivity index (χ1v) is 16.1. The molecule has 1 atom stereocenters. The Bertz CT molecular complexity index is 2760. The van der Waals surface area contributed by atoms with Crippen LogP contribution in [0.15, 0.2) is 164 Å². The molecule has 8 aromatic carbocycles. The maximum Gasteiger partial charge on any atom is 0.0754 e. The molecule has 212 valence electrons. The molecular formula is C45H27N. The Morgan fingerprint density at radius 1 is 0.370 bits per heavy atom. The highest BCUT2D eigenvalue weighted by atomic mass is 15.0. The fraction of sp³-hybridized carbons (Fsp3) is 0.0222. The normalized spacial score (nSPS) is 15.9. The zero-order valence-corrected chi connectivity index (χ0v) is 25.0. The van der Waals surface area contributed by atoms with E-state index in [0.29, 0.717) is 0 Å². The Hall–Kier alpha value is -5.92. The van der Waals surface area contributed by atoms with E-state index in [2.05, 4.69) is 168 Å². The van der Waals surface area contributed by atoms with Gasteiger partial charge in [-0.25, -0.2) is 0 Å². The van der Waals surface area contributed by atoms with Crippen LogP contribution < -0.4 is 0 Å². The number of nitrogens with zero attached hydrogens (tertiary/aromatic N) is 1. The third-order valence-corrected chi connectivity index (χ3v) is 10.8. The average Bonchev–Trinajstić information content (AvgIpc) is 3.62. The molecule has 1 spiro atoms. The lowest BCUT2D eigenvalue weighted by atomic mass is 9.65. The minimum absolute atomic E-state index is 0.449. The Kier molecular flexibility index (Phi) is 4.57. The van der Waals surface area contributed by atoms with Crippen molar-refractivity contribution in [3.63, 3.8) is 0 Å². The molecule has 1 aliphatic carbocycles. The predicted octanol–water partition coefficient (Wildman–Crippen LogP) is 11.4. The first kappa shape index (κ1) is 24.4. The second kappa shape index (κ2) is 8.62. The van der Waals surface area contributed by atoms with Crippen LogP contribution in [0.5, 0.6) is 0 Å². The summed E-state index contributed by atoms with van der Waals surface area (Å²) in [5, 5.41) is 7.77. The second-order valence-corrected chi connectivity index (χ2v) is 12.8. The number of benzene rings is 8. The molecule has 0 bridgehead atoms. The van der Waals surface area contributed by atoms with Gasteiger partial charge in [-0.3, -0.25) is 0 Å². The number of fused-ring (bicyclic) bond motifs is 15. The second-order valence-electron chi connectivity index (χ2n) is 12.8. The summed E-state index contributed by atoms with van der Waals surface area (Å²) >= 11 is 0. The molecule has 1 aliphatic heterocycles. The molecular weight excluding hydrogens is 555 g/mol. The van der Waals surface area contributed by atoms with Crippen molar-refractivity contribution in [1.29, 1.82) is 0 Å². The molecule has 1 aromatic heterocycles. The van der Waals surface area contributed by atoms with Crippen LogP contribution in [-0.2, 0) is 5.41 Å². The molecule has 1 nitrogen and oxygen atoms in total. The first-order chi connectivity index (χ1) is 22.8. The summed E-state index contributed by atoms with van der Waals surface area (Å²) in [6.45, 7) is 0. The molecule has 2 aliphatic rings. The van der Waals surface area contributed by atoms with Gasteiger partial charge in [0.25, 0.3) is 0 Å². The topological polar surface area (TPSA) is 4.93 Å². The summed E-state index contributed by atoms with van der Waals surface area (Å²) in [6.07, 6.45) is 0. The monoisotopic (exact) mass is 581 g/mol. The summed E-state index contributed by atoms with van der Waals surface area (Å²) in [4.78, 5) is 0. The molecule has 0 saturated heterocycles. The van der Waals surface area contributed by atoms with Gasteiger partial charge in [0.2, 0.25) is 0 Å². The lowest BCUT2D eigenvalue weighted by Crippen LogP contribution is -2.33. The van der Waals surface area contributed by atoms with Crippen molar-refractivity contribution >= 4 is 43.4 Å². The number of rotatable bonds is 1. The van der Waals surface area contributed by atoms with Crippen molar-refractivity contribution in [3.05, 3.63) is 186 Å². The van der Waals surface area contributed by atoms with Crippen molar-refractivity contribution in [3.8, 4) is 27.9 Å². The molecule has 0 saturated carbocycles. The standard InChI is InChI=1S/C45H27N/c1-2-13-30-28(12-1)26-37(32-15-4-3-14-31(30)32)29-24-25-34-33-16-5-7-19-38(33)45(41(34)27-29)39-20-8-10-23-43(39)46-42-22-9-6-17-35(42)36-18-11-21-40(45)44(36)46/h1-27H. The number of aromatic nitrogens is 1. The molecule has 0 N–H and O–H groups in total. The lowest BCUT2D eigenvalue weighted by Gasteiger charge is -2.39. The molecule has 46 heavy (non-hydrogen) atoms. The molecule has 1 unspecified atom stereocenters. The molecule has 11 rings (SSSR count). The van der Waals surface area contributed by atoms with Crippen molar-refractivity contribution in [2.75, 3.05) is 0 Å². The van der Waals surface area contributed by atoms with Crippen LogP contribution >= 0.6 is 0 Å². The average molecular weight is 582 g/mol. The van der Waals surface area contributed by atoms with E-state index >= 15 is 0 Å². The Morgan fingerprint density at radius 3 is 1.93 bits per heavy atom. The van der Waals surface area contributed by atoms with Crippen LogP contribution in [0.4, 0.5) is 0 Å². The highest BCUT2D eigenvalue weighted by Gasteiger charge is 2.50. The number of para-hydroxylation sites is 3. The van der Waals surface area contributed by atoms with Gasteiger partial charge in [0.15, 0.2) is 0 Å². The van der Waals surface area contributed by atoms with Crippen LogP contribution in [0.1, 0.15) is 22.3 Å². The Balaban J connectivity index is 1.31. The molecule has 9 aromatic rings. The SMILES string of the molecule is c1ccc2c(c1)-c1ccc(-c3cc4ccccc4c4ccccc34)cc1C21c2ccccc2-n2c3ccccc3c3cccc1c32. The third kappa shape index (κ3) is 2.83. The van der Waals surface area contributed by atoms with E-state index in [1.165, 1.54) is 93.5 Å². The number of hydrogen-bond acceptors (Lipinski definition) is 0. The Morgan fingerprint density at radius 2 is 1.02 bits per heavy atom. The van der Waals surface area contributed by atoms with Gasteiger partial charge in [-0.05, 0) is 90.3 Å². The molecule has 0 amide bonds.